The van der Waals surface area contributed by atoms with Crippen LogP contribution in [0.2, 0.25) is 0 Å². The Hall–Kier alpha value is -2.51. The molecule has 0 aliphatic carbocycles. The smallest absolute Gasteiger partial charge is 0.255 e. The van der Waals surface area contributed by atoms with Gasteiger partial charge in [-0.25, -0.2) is 0 Å². The lowest BCUT2D eigenvalue weighted by Crippen LogP contribution is -2.27. The monoisotopic (exact) mass is 456 g/mol. The van der Waals surface area contributed by atoms with Crippen LogP contribution < -0.4 is 5.32 Å². The largest absolute Gasteiger partial charge is 0.467 e. The Balaban J connectivity index is 1.47. The fourth-order valence-electron chi connectivity index (χ4n) is 3.04. The summed E-state index contributed by atoms with van der Waals surface area (Å²) in [5.41, 5.74) is 2.28. The Morgan fingerprint density at radius 3 is 2.71 bits per heavy atom. The highest BCUT2D eigenvalue weighted by atomic mass is 79.9. The third-order valence-corrected chi connectivity index (χ3v) is 6.16. The third-order valence-electron chi connectivity index (χ3n) is 4.41. The van der Waals surface area contributed by atoms with Crippen LogP contribution in [0.5, 0.6) is 0 Å². The van der Waals surface area contributed by atoms with Gasteiger partial charge in [-0.1, -0.05) is 34.1 Å². The molecule has 4 rings (SSSR count). The second kappa shape index (κ2) is 8.24. The summed E-state index contributed by atoms with van der Waals surface area (Å²) in [5.74, 6) is 1.11. The number of furan rings is 1. The molecule has 142 valence electrons. The van der Waals surface area contributed by atoms with Crippen LogP contribution in [-0.4, -0.2) is 22.5 Å². The summed E-state index contributed by atoms with van der Waals surface area (Å²) in [4.78, 5) is 26.6. The fourth-order valence-corrected chi connectivity index (χ4v) is 4.63. The first-order valence-electron chi connectivity index (χ1n) is 8.70. The molecule has 3 aromatic rings. The third kappa shape index (κ3) is 4.15. The number of thioether (sulfide) groups is 1. The molecule has 0 radical (unpaired) electrons. The molecular weight excluding hydrogens is 440 g/mol. The van der Waals surface area contributed by atoms with E-state index in [1.807, 2.05) is 48.5 Å². The van der Waals surface area contributed by atoms with Gasteiger partial charge in [0.2, 0.25) is 5.91 Å². The van der Waals surface area contributed by atoms with Crippen LogP contribution >= 0.6 is 27.7 Å². The SMILES string of the molecule is O=C(Nc1cccc(Br)c1)c1ccc(C2SCC(=O)N2Cc2ccco2)cc1. The Morgan fingerprint density at radius 1 is 1.18 bits per heavy atom. The van der Waals surface area contributed by atoms with Crippen molar-refractivity contribution in [3.63, 3.8) is 0 Å². The zero-order chi connectivity index (χ0) is 19.5. The summed E-state index contributed by atoms with van der Waals surface area (Å²) >= 11 is 4.98. The summed E-state index contributed by atoms with van der Waals surface area (Å²) in [7, 11) is 0. The highest BCUT2D eigenvalue weighted by Crippen LogP contribution is 2.39. The predicted molar refractivity (Wildman–Crippen MR) is 113 cm³/mol. The average Bonchev–Trinajstić information content (AvgIpc) is 3.33. The van der Waals surface area contributed by atoms with Crippen molar-refractivity contribution in [1.82, 2.24) is 4.90 Å². The van der Waals surface area contributed by atoms with Crippen LogP contribution in [-0.2, 0) is 11.3 Å². The van der Waals surface area contributed by atoms with Crippen LogP contribution in [0.25, 0.3) is 0 Å². The molecule has 1 unspecified atom stereocenters. The number of nitrogens with one attached hydrogen (secondary N) is 1. The van der Waals surface area contributed by atoms with Gasteiger partial charge in [-0.15, -0.1) is 11.8 Å². The Bertz CT molecular complexity index is 989. The number of halogens is 1. The molecule has 1 aliphatic rings. The van der Waals surface area contributed by atoms with Crippen LogP contribution in [0.15, 0.2) is 75.8 Å². The number of amides is 2. The first kappa shape index (κ1) is 18.8. The van der Waals surface area contributed by atoms with Crippen molar-refractivity contribution < 1.29 is 14.0 Å². The number of nitrogens with zero attached hydrogens (tertiary/aromatic N) is 1. The van der Waals surface area contributed by atoms with Gasteiger partial charge in [-0.05, 0) is 48.0 Å². The van der Waals surface area contributed by atoms with Crippen LogP contribution in [0, 0.1) is 0 Å². The molecule has 2 aromatic carbocycles. The van der Waals surface area contributed by atoms with Crippen molar-refractivity contribution in [3.8, 4) is 0 Å². The molecule has 0 saturated carbocycles. The minimum atomic E-state index is -0.174. The summed E-state index contributed by atoms with van der Waals surface area (Å²) in [6.45, 7) is 0.439. The van der Waals surface area contributed by atoms with Crippen LogP contribution in [0.3, 0.4) is 0 Å². The number of carbonyl (C=O) groups is 2. The number of anilines is 1. The molecule has 1 aromatic heterocycles. The van der Waals surface area contributed by atoms with Gasteiger partial charge in [0.1, 0.15) is 11.1 Å². The maximum atomic E-state index is 12.5. The number of benzene rings is 2. The second-order valence-electron chi connectivity index (χ2n) is 6.35. The lowest BCUT2D eigenvalue weighted by atomic mass is 10.1. The van der Waals surface area contributed by atoms with E-state index in [2.05, 4.69) is 21.2 Å². The molecule has 2 heterocycles. The summed E-state index contributed by atoms with van der Waals surface area (Å²) in [5, 5.41) is 2.80. The standard InChI is InChI=1S/C21H17BrN2O3S/c22-16-3-1-4-17(11-16)23-20(26)14-6-8-15(9-7-14)21-24(19(25)13-28-21)12-18-5-2-10-27-18/h1-11,21H,12-13H2,(H,23,26). The Labute approximate surface area is 175 Å². The van der Waals surface area contributed by atoms with E-state index in [1.54, 1.807) is 35.1 Å². The molecule has 0 bridgehead atoms. The molecule has 1 saturated heterocycles. The molecule has 1 atom stereocenters. The molecule has 28 heavy (non-hydrogen) atoms. The van der Waals surface area contributed by atoms with E-state index in [0.717, 1.165) is 21.5 Å². The summed E-state index contributed by atoms with van der Waals surface area (Å²) in [6, 6.07) is 18.5. The zero-order valence-corrected chi connectivity index (χ0v) is 17.2. The van der Waals surface area contributed by atoms with E-state index in [-0.39, 0.29) is 17.2 Å². The van der Waals surface area contributed by atoms with E-state index in [0.29, 0.717) is 17.9 Å². The number of carbonyl (C=O) groups excluding carboxylic acids is 2. The van der Waals surface area contributed by atoms with Gasteiger partial charge in [0.15, 0.2) is 0 Å². The number of hydrogen-bond acceptors (Lipinski definition) is 4. The average molecular weight is 457 g/mol. The number of rotatable bonds is 5. The maximum Gasteiger partial charge on any atom is 0.255 e. The van der Waals surface area contributed by atoms with Crippen LogP contribution in [0.1, 0.15) is 27.1 Å². The molecule has 2 amide bonds. The van der Waals surface area contributed by atoms with Crippen molar-refractivity contribution in [2.75, 3.05) is 11.1 Å². The lowest BCUT2D eigenvalue weighted by molar-refractivity contribution is -0.128. The maximum absolute atomic E-state index is 12.5. The molecule has 5 nitrogen and oxygen atoms in total. The van der Waals surface area contributed by atoms with Gasteiger partial charge in [0.25, 0.3) is 5.91 Å². The summed E-state index contributed by atoms with van der Waals surface area (Å²) < 4.78 is 6.29. The van der Waals surface area contributed by atoms with Gasteiger partial charge in [0.05, 0.1) is 18.6 Å². The Morgan fingerprint density at radius 2 is 2.00 bits per heavy atom. The van der Waals surface area contributed by atoms with E-state index in [4.69, 9.17) is 4.42 Å². The van der Waals surface area contributed by atoms with Crippen LogP contribution in [0.4, 0.5) is 5.69 Å². The van der Waals surface area contributed by atoms with Crippen molar-refractivity contribution in [2.45, 2.75) is 11.9 Å². The molecule has 1 N–H and O–H groups in total. The first-order valence-corrected chi connectivity index (χ1v) is 10.5. The quantitative estimate of drug-likeness (QED) is 0.581. The van der Waals surface area contributed by atoms with E-state index < -0.39 is 0 Å². The number of hydrogen-bond donors (Lipinski definition) is 1. The predicted octanol–water partition coefficient (Wildman–Crippen LogP) is 5.07. The minimum Gasteiger partial charge on any atom is -0.467 e. The van der Waals surface area contributed by atoms with Gasteiger partial charge in [0, 0.05) is 15.7 Å². The van der Waals surface area contributed by atoms with Gasteiger partial charge >= 0.3 is 0 Å². The molecular formula is C21H17BrN2O3S. The summed E-state index contributed by atoms with van der Waals surface area (Å²) in [6.07, 6.45) is 1.61. The molecule has 7 heteroatoms. The normalized spacial score (nSPS) is 16.4. The Kier molecular flexibility index (Phi) is 5.54. The molecule has 0 spiro atoms. The van der Waals surface area contributed by atoms with Gasteiger partial charge < -0.3 is 14.6 Å². The topological polar surface area (TPSA) is 62.6 Å². The van der Waals surface area contributed by atoms with Gasteiger partial charge in [-0.2, -0.15) is 0 Å². The van der Waals surface area contributed by atoms with Gasteiger partial charge in [-0.3, -0.25) is 9.59 Å². The minimum absolute atomic E-state index is 0.0835. The highest BCUT2D eigenvalue weighted by Gasteiger charge is 2.33. The van der Waals surface area contributed by atoms with Crippen molar-refractivity contribution >= 4 is 45.2 Å². The van der Waals surface area contributed by atoms with E-state index >= 15 is 0 Å². The second-order valence-corrected chi connectivity index (χ2v) is 8.34. The van der Waals surface area contributed by atoms with Crippen molar-refractivity contribution in [3.05, 3.63) is 88.3 Å². The zero-order valence-electron chi connectivity index (χ0n) is 14.8. The first-order chi connectivity index (χ1) is 13.6. The lowest BCUT2D eigenvalue weighted by Gasteiger charge is -2.23. The van der Waals surface area contributed by atoms with E-state index in [9.17, 15) is 9.59 Å². The van der Waals surface area contributed by atoms with Crippen molar-refractivity contribution in [2.24, 2.45) is 0 Å². The fraction of sp³-hybridized carbons (Fsp3) is 0.143. The molecule has 1 aliphatic heterocycles. The molecule has 1 fully saturated rings. The van der Waals surface area contributed by atoms with Crippen molar-refractivity contribution in [1.29, 1.82) is 0 Å². The van der Waals surface area contributed by atoms with E-state index in [1.165, 1.54) is 0 Å². The highest BCUT2D eigenvalue weighted by molar-refractivity contribution is 9.10.